The lowest BCUT2D eigenvalue weighted by molar-refractivity contribution is -0.118. The van der Waals surface area contributed by atoms with Crippen molar-refractivity contribution in [2.75, 3.05) is 7.11 Å². The molecule has 0 radical (unpaired) electrons. The second-order valence-electron chi connectivity index (χ2n) is 5.98. The van der Waals surface area contributed by atoms with Gasteiger partial charge in [-0.15, -0.1) is 0 Å². The molecule has 2 aromatic rings. The third-order valence-corrected chi connectivity index (χ3v) is 4.48. The molecule has 0 unspecified atom stereocenters. The molecule has 1 heterocycles. The van der Waals surface area contributed by atoms with Crippen LogP contribution in [0.2, 0.25) is 0 Å². The van der Waals surface area contributed by atoms with Gasteiger partial charge in [-0.2, -0.15) is 0 Å². The Hall–Kier alpha value is -2.86. The number of para-hydroxylation sites is 1. The normalized spacial score (nSPS) is 16.5. The van der Waals surface area contributed by atoms with E-state index in [1.54, 1.807) is 7.11 Å². The van der Waals surface area contributed by atoms with Gasteiger partial charge in [-0.05, 0) is 30.8 Å². The van der Waals surface area contributed by atoms with Gasteiger partial charge in [0.1, 0.15) is 5.75 Å². The van der Waals surface area contributed by atoms with E-state index in [4.69, 9.17) is 17.0 Å². The third-order valence-electron chi connectivity index (χ3n) is 4.26. The molecule has 134 valence electrons. The van der Waals surface area contributed by atoms with E-state index in [0.29, 0.717) is 23.0 Å². The van der Waals surface area contributed by atoms with Crippen LogP contribution in [0.25, 0.3) is 0 Å². The largest absolute Gasteiger partial charge is 0.496 e. The number of hydrogen-bond donors (Lipinski definition) is 3. The zero-order valence-electron chi connectivity index (χ0n) is 14.7. The molecular formula is C20H21N3O2S. The maximum absolute atomic E-state index is 12.9. The van der Waals surface area contributed by atoms with Crippen LogP contribution in [0.1, 0.15) is 24.1 Å². The fourth-order valence-corrected chi connectivity index (χ4v) is 3.28. The molecule has 0 saturated heterocycles. The number of nitrogens with one attached hydrogen (secondary N) is 3. The van der Waals surface area contributed by atoms with Crippen molar-refractivity contribution in [2.45, 2.75) is 19.5 Å². The summed E-state index contributed by atoms with van der Waals surface area (Å²) in [5.74, 6) is 0.556. The van der Waals surface area contributed by atoms with E-state index in [1.807, 2.05) is 61.5 Å². The molecule has 0 fully saturated rings. The number of benzene rings is 2. The highest BCUT2D eigenvalue weighted by molar-refractivity contribution is 7.80. The van der Waals surface area contributed by atoms with Crippen LogP contribution < -0.4 is 20.7 Å². The highest BCUT2D eigenvalue weighted by Gasteiger charge is 2.31. The Morgan fingerprint density at radius 3 is 2.58 bits per heavy atom. The van der Waals surface area contributed by atoms with Gasteiger partial charge >= 0.3 is 0 Å². The first-order valence-electron chi connectivity index (χ1n) is 8.33. The molecule has 1 amide bonds. The van der Waals surface area contributed by atoms with Crippen molar-refractivity contribution in [3.05, 3.63) is 77.0 Å². The van der Waals surface area contributed by atoms with Crippen LogP contribution in [0.3, 0.4) is 0 Å². The highest BCUT2D eigenvalue weighted by Crippen LogP contribution is 2.32. The Labute approximate surface area is 158 Å². The summed E-state index contributed by atoms with van der Waals surface area (Å²) in [6.07, 6.45) is 0. The van der Waals surface area contributed by atoms with Crippen molar-refractivity contribution in [3.63, 3.8) is 0 Å². The molecule has 1 atom stereocenters. The molecule has 0 bridgehead atoms. The van der Waals surface area contributed by atoms with E-state index in [2.05, 4.69) is 16.0 Å². The zero-order chi connectivity index (χ0) is 18.5. The Morgan fingerprint density at radius 1 is 1.15 bits per heavy atom. The summed E-state index contributed by atoms with van der Waals surface area (Å²) in [5.41, 5.74) is 3.23. The molecule has 0 aromatic heterocycles. The monoisotopic (exact) mass is 367 g/mol. The van der Waals surface area contributed by atoms with Gasteiger partial charge in [-0.1, -0.05) is 48.5 Å². The van der Waals surface area contributed by atoms with Crippen molar-refractivity contribution in [1.82, 2.24) is 16.0 Å². The van der Waals surface area contributed by atoms with Crippen LogP contribution in [-0.2, 0) is 11.3 Å². The van der Waals surface area contributed by atoms with Crippen LogP contribution in [0.4, 0.5) is 0 Å². The molecule has 1 aliphatic heterocycles. The molecule has 0 saturated carbocycles. The minimum Gasteiger partial charge on any atom is -0.496 e. The lowest BCUT2D eigenvalue weighted by atomic mass is 9.94. The van der Waals surface area contributed by atoms with Gasteiger partial charge in [0, 0.05) is 17.8 Å². The van der Waals surface area contributed by atoms with E-state index in [-0.39, 0.29) is 11.9 Å². The summed E-state index contributed by atoms with van der Waals surface area (Å²) in [6.45, 7) is 2.31. The number of methoxy groups -OCH3 is 1. The second kappa shape index (κ2) is 8.01. The van der Waals surface area contributed by atoms with Crippen molar-refractivity contribution in [1.29, 1.82) is 0 Å². The Morgan fingerprint density at radius 2 is 1.85 bits per heavy atom. The third kappa shape index (κ3) is 3.86. The molecule has 2 aromatic carbocycles. The molecule has 6 heteroatoms. The first-order valence-corrected chi connectivity index (χ1v) is 8.74. The van der Waals surface area contributed by atoms with Gasteiger partial charge in [0.05, 0.1) is 18.7 Å². The summed E-state index contributed by atoms with van der Waals surface area (Å²) in [6, 6.07) is 17.0. The average Bonchev–Trinajstić information content (AvgIpc) is 2.66. The average molecular weight is 367 g/mol. The van der Waals surface area contributed by atoms with Crippen molar-refractivity contribution in [3.8, 4) is 5.75 Å². The summed E-state index contributed by atoms with van der Waals surface area (Å²) in [7, 11) is 1.62. The maximum atomic E-state index is 12.9. The number of amides is 1. The van der Waals surface area contributed by atoms with Crippen LogP contribution in [0.15, 0.2) is 65.9 Å². The number of thiocarbonyl (C=S) groups is 1. The van der Waals surface area contributed by atoms with E-state index in [0.717, 1.165) is 16.8 Å². The predicted octanol–water partition coefficient (Wildman–Crippen LogP) is 2.80. The van der Waals surface area contributed by atoms with Gasteiger partial charge in [0.25, 0.3) is 5.91 Å². The standard InChI is InChI=1S/C20H21N3O2S/c1-13-17(19(24)21-12-14-8-4-3-5-9-14)18(23-20(26)22-13)15-10-6-7-11-16(15)25-2/h3-11,18H,12H2,1-2H3,(H,21,24)(H2,22,23,26)/t18-/m1/s1. The van der Waals surface area contributed by atoms with Crippen molar-refractivity contribution in [2.24, 2.45) is 0 Å². The molecule has 5 nitrogen and oxygen atoms in total. The SMILES string of the molecule is COc1ccccc1[C@H]1NC(=S)NC(C)=C1C(=O)NCc1ccccc1. The number of carbonyl (C=O) groups excluding carboxylic acids is 1. The predicted molar refractivity (Wildman–Crippen MR) is 106 cm³/mol. The molecule has 0 spiro atoms. The van der Waals surface area contributed by atoms with Crippen LogP contribution in [0, 0.1) is 0 Å². The Balaban J connectivity index is 1.89. The summed E-state index contributed by atoms with van der Waals surface area (Å²) in [4.78, 5) is 12.9. The van der Waals surface area contributed by atoms with Gasteiger partial charge < -0.3 is 20.7 Å². The van der Waals surface area contributed by atoms with Crippen molar-refractivity contribution >= 4 is 23.2 Å². The number of hydrogen-bond acceptors (Lipinski definition) is 3. The minimum absolute atomic E-state index is 0.148. The van der Waals surface area contributed by atoms with Gasteiger partial charge in [-0.3, -0.25) is 4.79 Å². The second-order valence-corrected chi connectivity index (χ2v) is 6.39. The fourth-order valence-electron chi connectivity index (χ4n) is 3.01. The molecular weight excluding hydrogens is 346 g/mol. The van der Waals surface area contributed by atoms with Crippen LogP contribution in [0.5, 0.6) is 5.75 Å². The van der Waals surface area contributed by atoms with E-state index >= 15 is 0 Å². The number of allylic oxidation sites excluding steroid dienone is 1. The molecule has 3 rings (SSSR count). The first-order chi connectivity index (χ1) is 12.6. The maximum Gasteiger partial charge on any atom is 0.251 e. The first kappa shape index (κ1) is 17.9. The van der Waals surface area contributed by atoms with E-state index < -0.39 is 0 Å². The highest BCUT2D eigenvalue weighted by atomic mass is 32.1. The molecule has 1 aliphatic rings. The summed E-state index contributed by atoms with van der Waals surface area (Å²) in [5, 5.41) is 9.71. The quantitative estimate of drug-likeness (QED) is 0.710. The fraction of sp³-hybridized carbons (Fsp3) is 0.200. The lowest BCUT2D eigenvalue weighted by Gasteiger charge is -2.31. The number of carbonyl (C=O) groups is 1. The summed E-state index contributed by atoms with van der Waals surface area (Å²) < 4.78 is 5.47. The van der Waals surface area contributed by atoms with Gasteiger partial charge in [-0.25, -0.2) is 0 Å². The number of ether oxygens (including phenoxy) is 1. The Kier molecular flexibility index (Phi) is 5.53. The van der Waals surface area contributed by atoms with Crippen LogP contribution in [-0.4, -0.2) is 18.1 Å². The summed E-state index contributed by atoms with van der Waals surface area (Å²) >= 11 is 5.29. The Bertz CT molecular complexity index is 849. The van der Waals surface area contributed by atoms with E-state index in [1.165, 1.54) is 0 Å². The van der Waals surface area contributed by atoms with Crippen molar-refractivity contribution < 1.29 is 9.53 Å². The topological polar surface area (TPSA) is 62.4 Å². The van der Waals surface area contributed by atoms with Gasteiger partial charge in [0.2, 0.25) is 0 Å². The lowest BCUT2D eigenvalue weighted by Crippen LogP contribution is -2.46. The molecule has 26 heavy (non-hydrogen) atoms. The zero-order valence-corrected chi connectivity index (χ0v) is 15.5. The van der Waals surface area contributed by atoms with Crippen LogP contribution >= 0.6 is 12.2 Å². The minimum atomic E-state index is -0.379. The number of rotatable bonds is 5. The van der Waals surface area contributed by atoms with Gasteiger partial charge in [0.15, 0.2) is 5.11 Å². The molecule has 3 N–H and O–H groups in total. The smallest absolute Gasteiger partial charge is 0.251 e. The van der Waals surface area contributed by atoms with E-state index in [9.17, 15) is 4.79 Å². The molecule has 0 aliphatic carbocycles.